The monoisotopic (exact) mass is 381 g/mol. The number of amides is 2. The molecule has 1 spiro atoms. The topological polar surface area (TPSA) is 99.3 Å². The van der Waals surface area contributed by atoms with Crippen LogP contribution < -0.4 is 5.56 Å². The van der Waals surface area contributed by atoms with E-state index in [1.54, 1.807) is 12.4 Å². The molecule has 0 aliphatic carbocycles. The molecule has 2 aromatic rings. The van der Waals surface area contributed by atoms with Gasteiger partial charge in [0, 0.05) is 56.6 Å². The first kappa shape index (κ1) is 18.3. The molecule has 0 aromatic carbocycles. The smallest absolute Gasteiger partial charge is 0.273 e. The Labute approximate surface area is 162 Å². The predicted octanol–water partition coefficient (Wildman–Crippen LogP) is 1.21. The van der Waals surface area contributed by atoms with E-state index in [1.807, 2.05) is 21.9 Å². The van der Waals surface area contributed by atoms with E-state index in [0.29, 0.717) is 32.6 Å². The van der Waals surface area contributed by atoms with E-state index in [2.05, 4.69) is 15.0 Å². The molecule has 1 unspecified atom stereocenters. The first-order chi connectivity index (χ1) is 13.5. The van der Waals surface area contributed by atoms with Gasteiger partial charge in [0.1, 0.15) is 5.69 Å². The van der Waals surface area contributed by atoms with Crippen LogP contribution in [0, 0.1) is 5.41 Å². The molecule has 4 heterocycles. The number of aromatic amines is 1. The highest BCUT2D eigenvalue weighted by atomic mass is 16.2. The quantitative estimate of drug-likeness (QED) is 0.862. The van der Waals surface area contributed by atoms with Crippen LogP contribution >= 0.6 is 0 Å². The number of H-pyrrole nitrogens is 1. The van der Waals surface area contributed by atoms with Gasteiger partial charge in [-0.25, -0.2) is 4.98 Å². The van der Waals surface area contributed by atoms with Crippen molar-refractivity contribution in [1.29, 1.82) is 0 Å². The number of pyridine rings is 1. The average Bonchev–Trinajstić information content (AvgIpc) is 2.72. The number of aromatic nitrogens is 3. The van der Waals surface area contributed by atoms with Crippen molar-refractivity contribution >= 4 is 11.8 Å². The fourth-order valence-corrected chi connectivity index (χ4v) is 4.29. The lowest BCUT2D eigenvalue weighted by atomic mass is 9.73. The van der Waals surface area contributed by atoms with Crippen LogP contribution in [-0.2, 0) is 11.3 Å². The van der Waals surface area contributed by atoms with Gasteiger partial charge in [-0.05, 0) is 30.9 Å². The van der Waals surface area contributed by atoms with E-state index in [4.69, 9.17) is 0 Å². The molecular weight excluding hydrogens is 358 g/mol. The van der Waals surface area contributed by atoms with Crippen LogP contribution in [-0.4, -0.2) is 56.2 Å². The number of carbonyl (C=O) groups is 2. The third-order valence-corrected chi connectivity index (χ3v) is 5.68. The van der Waals surface area contributed by atoms with Crippen molar-refractivity contribution in [3.8, 4) is 0 Å². The molecular formula is C20H23N5O3. The highest BCUT2D eigenvalue weighted by Crippen LogP contribution is 2.39. The van der Waals surface area contributed by atoms with Crippen molar-refractivity contribution in [2.24, 2.45) is 5.41 Å². The minimum atomic E-state index is -0.330. The first-order valence-electron chi connectivity index (χ1n) is 9.55. The molecule has 1 atom stereocenters. The van der Waals surface area contributed by atoms with Crippen molar-refractivity contribution < 1.29 is 9.59 Å². The summed E-state index contributed by atoms with van der Waals surface area (Å²) in [4.78, 5) is 50.8. The van der Waals surface area contributed by atoms with Crippen LogP contribution in [0.1, 0.15) is 41.7 Å². The Balaban J connectivity index is 1.49. The summed E-state index contributed by atoms with van der Waals surface area (Å²) in [6, 6.07) is 3.85. The summed E-state index contributed by atoms with van der Waals surface area (Å²) >= 11 is 0. The maximum atomic E-state index is 12.8. The lowest BCUT2D eigenvalue weighted by Gasteiger charge is -2.48. The Morgan fingerprint density at radius 1 is 1.21 bits per heavy atom. The molecule has 2 aliphatic heterocycles. The number of hydrogen-bond acceptors (Lipinski definition) is 5. The van der Waals surface area contributed by atoms with Gasteiger partial charge in [0.15, 0.2) is 0 Å². The zero-order chi connectivity index (χ0) is 19.6. The Morgan fingerprint density at radius 2 is 2.11 bits per heavy atom. The van der Waals surface area contributed by atoms with Gasteiger partial charge in [-0.1, -0.05) is 6.07 Å². The van der Waals surface area contributed by atoms with E-state index in [0.717, 1.165) is 31.0 Å². The summed E-state index contributed by atoms with van der Waals surface area (Å²) in [5.74, 6) is -0.0220. The van der Waals surface area contributed by atoms with Gasteiger partial charge in [-0.3, -0.25) is 19.4 Å². The van der Waals surface area contributed by atoms with Gasteiger partial charge in [0.2, 0.25) is 5.91 Å². The lowest BCUT2D eigenvalue weighted by molar-refractivity contribution is -0.139. The van der Waals surface area contributed by atoms with Gasteiger partial charge in [0.05, 0.1) is 6.20 Å². The second-order valence-corrected chi connectivity index (χ2v) is 7.74. The van der Waals surface area contributed by atoms with Gasteiger partial charge in [-0.2, -0.15) is 0 Å². The first-order valence-corrected chi connectivity index (χ1v) is 9.55. The van der Waals surface area contributed by atoms with E-state index in [1.165, 1.54) is 6.20 Å². The molecule has 0 radical (unpaired) electrons. The molecule has 0 saturated carbocycles. The fourth-order valence-electron chi connectivity index (χ4n) is 4.29. The van der Waals surface area contributed by atoms with Gasteiger partial charge >= 0.3 is 0 Å². The fraction of sp³-hybridized carbons (Fsp3) is 0.450. The summed E-state index contributed by atoms with van der Waals surface area (Å²) in [5.41, 5.74) is 0.833. The Kier molecular flexibility index (Phi) is 4.93. The minimum absolute atomic E-state index is 0.0911. The van der Waals surface area contributed by atoms with Crippen molar-refractivity contribution in [3.63, 3.8) is 0 Å². The summed E-state index contributed by atoms with van der Waals surface area (Å²) < 4.78 is 0. The van der Waals surface area contributed by atoms with E-state index < -0.39 is 0 Å². The van der Waals surface area contributed by atoms with Crippen molar-refractivity contribution in [1.82, 2.24) is 24.8 Å². The van der Waals surface area contributed by atoms with Crippen molar-refractivity contribution in [2.75, 3.05) is 19.6 Å². The third kappa shape index (κ3) is 3.81. The standard InChI is InChI=1S/C20H23N5O3/c26-17-11-22-16(10-23-17)19(28)24-8-2-5-20(13-24)6-4-18(27)25(14-20)12-15-3-1-7-21-9-15/h1,3,7,9-11H,2,4-6,8,12-14H2,(H,23,26). The zero-order valence-electron chi connectivity index (χ0n) is 15.6. The summed E-state index contributed by atoms with van der Waals surface area (Å²) in [6.45, 7) is 2.45. The Morgan fingerprint density at radius 3 is 2.86 bits per heavy atom. The molecule has 1 N–H and O–H groups in total. The zero-order valence-corrected chi connectivity index (χ0v) is 15.6. The Hall–Kier alpha value is -3.03. The second kappa shape index (κ2) is 7.53. The van der Waals surface area contributed by atoms with E-state index in [9.17, 15) is 14.4 Å². The molecule has 146 valence electrons. The van der Waals surface area contributed by atoms with Crippen LogP contribution in [0.15, 0.2) is 41.7 Å². The van der Waals surface area contributed by atoms with Gasteiger partial charge in [0.25, 0.3) is 11.5 Å². The molecule has 4 rings (SSSR count). The van der Waals surface area contributed by atoms with Crippen molar-refractivity contribution in [3.05, 3.63) is 58.5 Å². The highest BCUT2D eigenvalue weighted by molar-refractivity contribution is 5.92. The summed E-state index contributed by atoms with van der Waals surface area (Å²) in [6.07, 6.45) is 9.17. The predicted molar refractivity (Wildman–Crippen MR) is 101 cm³/mol. The van der Waals surface area contributed by atoms with E-state index in [-0.39, 0.29) is 28.5 Å². The number of carbonyl (C=O) groups excluding carboxylic acids is 2. The van der Waals surface area contributed by atoms with Crippen molar-refractivity contribution in [2.45, 2.75) is 32.2 Å². The van der Waals surface area contributed by atoms with Gasteiger partial charge < -0.3 is 14.8 Å². The molecule has 2 saturated heterocycles. The van der Waals surface area contributed by atoms with Crippen LogP contribution in [0.2, 0.25) is 0 Å². The molecule has 0 bridgehead atoms. The third-order valence-electron chi connectivity index (χ3n) is 5.68. The van der Waals surface area contributed by atoms with Gasteiger partial charge in [-0.15, -0.1) is 0 Å². The number of nitrogens with zero attached hydrogens (tertiary/aromatic N) is 4. The molecule has 28 heavy (non-hydrogen) atoms. The number of piperidine rings is 2. The van der Waals surface area contributed by atoms with Crippen LogP contribution in [0.25, 0.3) is 0 Å². The number of nitrogens with one attached hydrogen (secondary N) is 1. The average molecular weight is 381 g/mol. The lowest BCUT2D eigenvalue weighted by Crippen LogP contribution is -2.54. The molecule has 2 aliphatic rings. The SMILES string of the molecule is O=C1CCC2(CCCN(C(=O)c3c[nH]c(=O)cn3)C2)CN1Cc1cccnc1. The summed E-state index contributed by atoms with van der Waals surface area (Å²) in [5, 5.41) is 0. The highest BCUT2D eigenvalue weighted by Gasteiger charge is 2.43. The maximum Gasteiger partial charge on any atom is 0.273 e. The maximum absolute atomic E-state index is 12.8. The van der Waals surface area contributed by atoms with Crippen LogP contribution in [0.5, 0.6) is 0 Å². The molecule has 8 nitrogen and oxygen atoms in total. The molecule has 2 aromatic heterocycles. The van der Waals surface area contributed by atoms with Crippen LogP contribution in [0.4, 0.5) is 0 Å². The molecule has 8 heteroatoms. The number of likely N-dealkylation sites (tertiary alicyclic amines) is 2. The number of hydrogen-bond donors (Lipinski definition) is 1. The largest absolute Gasteiger partial charge is 0.338 e. The molecule has 2 amide bonds. The van der Waals surface area contributed by atoms with E-state index >= 15 is 0 Å². The Bertz CT molecular complexity index is 908. The minimum Gasteiger partial charge on any atom is -0.338 e. The molecule has 2 fully saturated rings. The second-order valence-electron chi connectivity index (χ2n) is 7.74. The normalized spacial score (nSPS) is 22.5. The number of rotatable bonds is 3. The summed E-state index contributed by atoms with van der Waals surface area (Å²) in [7, 11) is 0. The van der Waals surface area contributed by atoms with Crippen LogP contribution in [0.3, 0.4) is 0 Å².